The van der Waals surface area contributed by atoms with Gasteiger partial charge in [-0.3, -0.25) is 4.79 Å². The molecule has 0 aliphatic carbocycles. The first-order chi connectivity index (χ1) is 15.1. The van der Waals surface area contributed by atoms with Gasteiger partial charge in [0.15, 0.2) is 0 Å². The highest BCUT2D eigenvalue weighted by atomic mass is 32.2. The number of aromatic nitrogens is 2. The van der Waals surface area contributed by atoms with Crippen molar-refractivity contribution in [2.75, 3.05) is 48.2 Å². The SMILES string of the molecule is COc1ccc(N2C(=O)C(C)CS2(=O)=O)cc1S(=O)(=O)N1CCN(c2ncccn2)CC1. The molecule has 0 radical (unpaired) electrons. The first-order valence-corrected chi connectivity index (χ1v) is 13.0. The number of hydrogen-bond donors (Lipinski definition) is 0. The van der Waals surface area contributed by atoms with Gasteiger partial charge in [0.1, 0.15) is 10.6 Å². The van der Waals surface area contributed by atoms with Crippen molar-refractivity contribution >= 4 is 37.6 Å². The van der Waals surface area contributed by atoms with E-state index in [9.17, 15) is 21.6 Å². The molecule has 3 heterocycles. The topological polar surface area (TPSA) is 130 Å². The van der Waals surface area contributed by atoms with Gasteiger partial charge in [0.2, 0.25) is 31.9 Å². The minimum Gasteiger partial charge on any atom is -0.495 e. The summed E-state index contributed by atoms with van der Waals surface area (Å²) in [6.45, 7) is 2.68. The highest BCUT2D eigenvalue weighted by molar-refractivity contribution is 7.94. The summed E-state index contributed by atoms with van der Waals surface area (Å²) in [7, 11) is -6.56. The van der Waals surface area contributed by atoms with Crippen LogP contribution in [0.2, 0.25) is 0 Å². The fourth-order valence-electron chi connectivity index (χ4n) is 3.80. The summed E-state index contributed by atoms with van der Waals surface area (Å²) in [4.78, 5) is 22.5. The largest absolute Gasteiger partial charge is 0.495 e. The number of rotatable bonds is 5. The smallest absolute Gasteiger partial charge is 0.246 e. The number of carbonyl (C=O) groups is 1. The molecule has 1 aromatic carbocycles. The first-order valence-electron chi connectivity index (χ1n) is 9.92. The molecule has 2 fully saturated rings. The Kier molecular flexibility index (Phi) is 5.81. The van der Waals surface area contributed by atoms with Crippen molar-refractivity contribution in [1.82, 2.24) is 14.3 Å². The van der Waals surface area contributed by atoms with E-state index >= 15 is 0 Å². The molecule has 1 amide bonds. The van der Waals surface area contributed by atoms with E-state index in [1.54, 1.807) is 18.5 Å². The lowest BCUT2D eigenvalue weighted by atomic mass is 10.2. The van der Waals surface area contributed by atoms with Gasteiger partial charge in [-0.05, 0) is 24.3 Å². The maximum absolute atomic E-state index is 13.4. The number of amides is 1. The molecular formula is C19H23N5O6S2. The van der Waals surface area contributed by atoms with Crippen molar-refractivity contribution in [3.63, 3.8) is 0 Å². The molecule has 0 N–H and O–H groups in total. The van der Waals surface area contributed by atoms with Crippen LogP contribution in [0.25, 0.3) is 0 Å². The van der Waals surface area contributed by atoms with Crippen LogP contribution in [0.1, 0.15) is 6.92 Å². The number of sulfonamides is 2. The van der Waals surface area contributed by atoms with Gasteiger partial charge in [0.05, 0.1) is 24.5 Å². The van der Waals surface area contributed by atoms with Crippen molar-refractivity contribution in [3.05, 3.63) is 36.7 Å². The second-order valence-electron chi connectivity index (χ2n) is 7.56. The monoisotopic (exact) mass is 481 g/mol. The Morgan fingerprint density at radius 2 is 1.75 bits per heavy atom. The predicted molar refractivity (Wildman–Crippen MR) is 116 cm³/mol. The highest BCUT2D eigenvalue weighted by Crippen LogP contribution is 2.35. The molecule has 172 valence electrons. The van der Waals surface area contributed by atoms with Gasteiger partial charge in [-0.25, -0.2) is 31.1 Å². The van der Waals surface area contributed by atoms with Gasteiger partial charge in [-0.15, -0.1) is 0 Å². The molecule has 1 atom stereocenters. The van der Waals surface area contributed by atoms with E-state index in [-0.39, 0.29) is 35.2 Å². The molecule has 0 bridgehead atoms. The van der Waals surface area contributed by atoms with Crippen LogP contribution in [0.3, 0.4) is 0 Å². The lowest BCUT2D eigenvalue weighted by molar-refractivity contribution is -0.119. The summed E-state index contributed by atoms with van der Waals surface area (Å²) < 4.78 is 59.0. The number of benzene rings is 1. The van der Waals surface area contributed by atoms with Gasteiger partial charge < -0.3 is 9.64 Å². The number of methoxy groups -OCH3 is 1. The summed E-state index contributed by atoms with van der Waals surface area (Å²) in [5.74, 6) is -1.01. The van der Waals surface area contributed by atoms with Crippen LogP contribution in [0.4, 0.5) is 11.6 Å². The van der Waals surface area contributed by atoms with E-state index < -0.39 is 31.9 Å². The second-order valence-corrected chi connectivity index (χ2v) is 11.3. The van der Waals surface area contributed by atoms with Crippen LogP contribution >= 0.6 is 0 Å². The molecule has 0 saturated carbocycles. The standard InChI is InChI=1S/C19H23N5O6S2/c1-14-13-31(26,27)24(18(14)25)15-4-5-16(30-2)17(12-15)32(28,29)23-10-8-22(9-11-23)19-20-6-3-7-21-19/h3-7,12,14H,8-11,13H2,1-2H3. The first kappa shape index (κ1) is 22.4. The quantitative estimate of drug-likeness (QED) is 0.592. The van der Waals surface area contributed by atoms with Crippen LogP contribution in [0.15, 0.2) is 41.6 Å². The van der Waals surface area contributed by atoms with E-state index in [0.29, 0.717) is 23.3 Å². The van der Waals surface area contributed by atoms with Crippen LogP contribution in [0.5, 0.6) is 5.75 Å². The van der Waals surface area contributed by atoms with Crippen molar-refractivity contribution in [2.45, 2.75) is 11.8 Å². The molecule has 2 aliphatic rings. The third-order valence-corrected chi connectivity index (χ3v) is 9.22. The number of nitrogens with zero attached hydrogens (tertiary/aromatic N) is 5. The van der Waals surface area contributed by atoms with Crippen molar-refractivity contribution in [1.29, 1.82) is 0 Å². The van der Waals surface area contributed by atoms with Crippen LogP contribution in [-0.4, -0.2) is 76.1 Å². The summed E-state index contributed by atoms with van der Waals surface area (Å²) >= 11 is 0. The van der Waals surface area contributed by atoms with E-state index in [4.69, 9.17) is 4.74 Å². The maximum atomic E-state index is 13.4. The van der Waals surface area contributed by atoms with E-state index in [2.05, 4.69) is 9.97 Å². The van der Waals surface area contributed by atoms with Gasteiger partial charge in [-0.2, -0.15) is 4.31 Å². The van der Waals surface area contributed by atoms with Crippen LogP contribution in [0, 0.1) is 5.92 Å². The maximum Gasteiger partial charge on any atom is 0.246 e. The third kappa shape index (κ3) is 3.91. The number of hydrogen-bond acceptors (Lipinski definition) is 9. The summed E-state index contributed by atoms with van der Waals surface area (Å²) in [6.07, 6.45) is 3.24. The minimum absolute atomic E-state index is 0.0185. The zero-order valence-corrected chi connectivity index (χ0v) is 19.2. The number of piperazine rings is 1. The third-order valence-electron chi connectivity index (χ3n) is 5.43. The Labute approximate surface area is 186 Å². The average molecular weight is 482 g/mol. The second kappa shape index (κ2) is 8.30. The molecular weight excluding hydrogens is 458 g/mol. The van der Waals surface area contributed by atoms with Gasteiger partial charge in [-0.1, -0.05) is 6.92 Å². The molecule has 2 saturated heterocycles. The summed E-state index contributed by atoms with van der Waals surface area (Å²) in [6, 6.07) is 5.63. The van der Waals surface area contributed by atoms with Crippen molar-refractivity contribution < 1.29 is 26.4 Å². The molecule has 4 rings (SSSR count). The molecule has 13 heteroatoms. The zero-order chi connectivity index (χ0) is 23.1. The Balaban J connectivity index is 1.64. The summed E-state index contributed by atoms with van der Waals surface area (Å²) in [5.41, 5.74) is -0.0185. The molecule has 0 spiro atoms. The van der Waals surface area contributed by atoms with Gasteiger partial charge in [0.25, 0.3) is 0 Å². The normalized spacial score (nSPS) is 21.7. The molecule has 1 unspecified atom stereocenters. The predicted octanol–water partition coefficient (Wildman–Crippen LogP) is 0.309. The Morgan fingerprint density at radius 3 is 2.31 bits per heavy atom. The molecule has 11 nitrogen and oxygen atoms in total. The highest BCUT2D eigenvalue weighted by Gasteiger charge is 2.43. The van der Waals surface area contributed by atoms with Crippen molar-refractivity contribution in [3.8, 4) is 5.75 Å². The molecule has 2 aromatic rings. The fraction of sp³-hybridized carbons (Fsp3) is 0.421. The van der Waals surface area contributed by atoms with Gasteiger partial charge >= 0.3 is 0 Å². The molecule has 1 aromatic heterocycles. The number of anilines is 2. The fourth-order valence-corrected chi connectivity index (χ4v) is 7.21. The van der Waals surface area contributed by atoms with Crippen LogP contribution in [-0.2, 0) is 24.8 Å². The minimum atomic E-state index is -4.02. The Hall–Kier alpha value is -2.77. The number of ether oxygens (including phenoxy) is 1. The number of carbonyl (C=O) groups excluding carboxylic acids is 1. The van der Waals surface area contributed by atoms with Gasteiger partial charge in [0, 0.05) is 38.6 Å². The average Bonchev–Trinajstić information content (AvgIpc) is 3.00. The van der Waals surface area contributed by atoms with E-state index in [1.807, 2.05) is 4.90 Å². The van der Waals surface area contributed by atoms with E-state index in [0.717, 1.165) is 0 Å². The molecule has 32 heavy (non-hydrogen) atoms. The Morgan fingerprint density at radius 1 is 1.09 bits per heavy atom. The van der Waals surface area contributed by atoms with Crippen LogP contribution < -0.4 is 13.9 Å². The molecule has 2 aliphatic heterocycles. The summed E-state index contributed by atoms with van der Waals surface area (Å²) in [5, 5.41) is 0. The van der Waals surface area contributed by atoms with Crippen molar-refractivity contribution in [2.24, 2.45) is 5.92 Å². The lowest BCUT2D eigenvalue weighted by Gasteiger charge is -2.34. The lowest BCUT2D eigenvalue weighted by Crippen LogP contribution is -2.49. The zero-order valence-electron chi connectivity index (χ0n) is 17.6. The van der Waals surface area contributed by atoms with E-state index in [1.165, 1.54) is 36.5 Å². The Bertz CT molecular complexity index is 1230.